The number of nitrogens with two attached hydrogens (primary N) is 1. The van der Waals surface area contributed by atoms with Gasteiger partial charge >= 0.3 is 0 Å². The number of likely N-dealkylation sites (N-methyl/N-ethyl adjacent to an activating group) is 1. The van der Waals surface area contributed by atoms with Crippen molar-refractivity contribution < 1.29 is 8.42 Å². The van der Waals surface area contributed by atoms with Crippen LogP contribution in [0.3, 0.4) is 0 Å². The largest absolute Gasteiger partial charge is 0.389 e. The van der Waals surface area contributed by atoms with E-state index in [4.69, 9.17) is 18.0 Å². The van der Waals surface area contributed by atoms with Gasteiger partial charge in [-0.1, -0.05) is 18.3 Å². The first-order chi connectivity index (χ1) is 8.74. The molecule has 0 aliphatic heterocycles. The van der Waals surface area contributed by atoms with Gasteiger partial charge in [0.1, 0.15) is 4.99 Å². The molecule has 1 rings (SSSR count). The molecule has 1 aromatic rings. The third kappa shape index (κ3) is 4.54. The average molecular weight is 301 g/mol. The minimum absolute atomic E-state index is 0.226. The van der Waals surface area contributed by atoms with Gasteiger partial charge in [-0.15, -0.1) is 0 Å². The SMILES string of the molecule is Cc1cc(S(=O)(=O)NCCN(C)C)ccc1C(N)=S. The molecule has 19 heavy (non-hydrogen) atoms. The van der Waals surface area contributed by atoms with Gasteiger partial charge in [-0.2, -0.15) is 0 Å². The van der Waals surface area contributed by atoms with E-state index in [9.17, 15) is 8.42 Å². The van der Waals surface area contributed by atoms with Crippen LogP contribution in [0.2, 0.25) is 0 Å². The molecule has 0 radical (unpaired) electrons. The van der Waals surface area contributed by atoms with E-state index >= 15 is 0 Å². The van der Waals surface area contributed by atoms with E-state index in [2.05, 4.69) is 4.72 Å². The Kier molecular flexibility index (Phi) is 5.42. The van der Waals surface area contributed by atoms with Gasteiger partial charge in [0.25, 0.3) is 0 Å². The van der Waals surface area contributed by atoms with Crippen LogP contribution in [0.15, 0.2) is 23.1 Å². The Morgan fingerprint density at radius 2 is 2.05 bits per heavy atom. The summed E-state index contributed by atoms with van der Waals surface area (Å²) in [6, 6.07) is 4.73. The molecule has 0 saturated heterocycles. The molecule has 0 aliphatic rings. The molecule has 0 saturated carbocycles. The Morgan fingerprint density at radius 3 is 2.53 bits per heavy atom. The first-order valence-corrected chi connectivity index (χ1v) is 7.68. The number of nitrogens with zero attached hydrogens (tertiary/aromatic N) is 1. The van der Waals surface area contributed by atoms with E-state index in [0.29, 0.717) is 18.7 Å². The fourth-order valence-corrected chi connectivity index (χ4v) is 2.90. The number of aryl methyl sites for hydroxylation is 1. The summed E-state index contributed by atoms with van der Waals surface area (Å²) in [7, 11) is 0.287. The lowest BCUT2D eigenvalue weighted by Gasteiger charge is -2.12. The van der Waals surface area contributed by atoms with E-state index in [1.807, 2.05) is 19.0 Å². The average Bonchev–Trinajstić information content (AvgIpc) is 2.27. The number of hydrogen-bond acceptors (Lipinski definition) is 4. The molecule has 0 unspecified atom stereocenters. The smallest absolute Gasteiger partial charge is 0.240 e. The topological polar surface area (TPSA) is 75.4 Å². The van der Waals surface area contributed by atoms with E-state index in [0.717, 1.165) is 5.56 Å². The maximum Gasteiger partial charge on any atom is 0.240 e. The Balaban J connectivity index is 2.90. The second-order valence-corrected chi connectivity index (χ2v) is 6.75. The van der Waals surface area contributed by atoms with Crippen LogP contribution in [0, 0.1) is 6.92 Å². The first kappa shape index (κ1) is 16.0. The van der Waals surface area contributed by atoms with Gasteiger partial charge in [-0.05, 0) is 38.7 Å². The number of sulfonamides is 1. The second-order valence-electron chi connectivity index (χ2n) is 4.54. The van der Waals surface area contributed by atoms with Crippen molar-refractivity contribution in [1.82, 2.24) is 9.62 Å². The van der Waals surface area contributed by atoms with Crippen molar-refractivity contribution in [2.45, 2.75) is 11.8 Å². The minimum atomic E-state index is -3.48. The van der Waals surface area contributed by atoms with Crippen LogP contribution in [0.1, 0.15) is 11.1 Å². The first-order valence-electron chi connectivity index (χ1n) is 5.79. The third-order valence-corrected chi connectivity index (χ3v) is 4.30. The van der Waals surface area contributed by atoms with Gasteiger partial charge in [0.15, 0.2) is 0 Å². The highest BCUT2D eigenvalue weighted by atomic mass is 32.2. The highest BCUT2D eigenvalue weighted by Gasteiger charge is 2.15. The number of hydrogen-bond donors (Lipinski definition) is 2. The van der Waals surface area contributed by atoms with Crippen molar-refractivity contribution in [1.29, 1.82) is 0 Å². The fraction of sp³-hybridized carbons (Fsp3) is 0.417. The third-order valence-electron chi connectivity index (χ3n) is 2.62. The summed E-state index contributed by atoms with van der Waals surface area (Å²) in [5.41, 5.74) is 7.00. The molecule has 0 amide bonds. The van der Waals surface area contributed by atoms with Crippen molar-refractivity contribution in [2.75, 3.05) is 27.2 Å². The summed E-state index contributed by atoms with van der Waals surface area (Å²) in [6.45, 7) is 2.79. The lowest BCUT2D eigenvalue weighted by Crippen LogP contribution is -2.31. The summed E-state index contributed by atoms with van der Waals surface area (Å²) in [5.74, 6) is 0. The van der Waals surface area contributed by atoms with Gasteiger partial charge < -0.3 is 10.6 Å². The Hall–Kier alpha value is -1.02. The molecular formula is C12H19N3O2S2. The lowest BCUT2D eigenvalue weighted by atomic mass is 10.1. The van der Waals surface area contributed by atoms with E-state index in [-0.39, 0.29) is 9.88 Å². The highest BCUT2D eigenvalue weighted by Crippen LogP contribution is 2.15. The van der Waals surface area contributed by atoms with Gasteiger partial charge in [-0.25, -0.2) is 13.1 Å². The summed E-state index contributed by atoms with van der Waals surface area (Å²) in [4.78, 5) is 2.40. The molecule has 0 bridgehead atoms. The normalized spacial score (nSPS) is 11.8. The van der Waals surface area contributed by atoms with Crippen LogP contribution in [0.5, 0.6) is 0 Å². The maximum absolute atomic E-state index is 12.1. The summed E-state index contributed by atoms with van der Waals surface area (Å²) < 4.78 is 26.7. The Morgan fingerprint density at radius 1 is 1.42 bits per heavy atom. The minimum Gasteiger partial charge on any atom is -0.389 e. The van der Waals surface area contributed by atoms with E-state index in [1.54, 1.807) is 19.1 Å². The van der Waals surface area contributed by atoms with Crippen LogP contribution in [0.4, 0.5) is 0 Å². The number of nitrogens with one attached hydrogen (secondary N) is 1. The maximum atomic E-state index is 12.1. The zero-order valence-electron chi connectivity index (χ0n) is 11.3. The monoisotopic (exact) mass is 301 g/mol. The molecule has 0 atom stereocenters. The van der Waals surface area contributed by atoms with Gasteiger partial charge in [0.05, 0.1) is 4.90 Å². The van der Waals surface area contributed by atoms with Crippen LogP contribution in [-0.4, -0.2) is 45.5 Å². The molecule has 0 spiro atoms. The van der Waals surface area contributed by atoms with Crippen molar-refractivity contribution in [3.8, 4) is 0 Å². The zero-order chi connectivity index (χ0) is 14.6. The highest BCUT2D eigenvalue weighted by molar-refractivity contribution is 7.89. The molecule has 1 aromatic carbocycles. The number of benzene rings is 1. The van der Waals surface area contributed by atoms with Gasteiger partial charge in [0, 0.05) is 18.7 Å². The quantitative estimate of drug-likeness (QED) is 0.747. The molecule has 0 fully saturated rings. The van der Waals surface area contributed by atoms with Crippen LogP contribution in [-0.2, 0) is 10.0 Å². The molecule has 5 nitrogen and oxygen atoms in total. The van der Waals surface area contributed by atoms with Crippen molar-refractivity contribution >= 4 is 27.2 Å². The number of rotatable bonds is 6. The standard InChI is InChI=1S/C12H19N3O2S2/c1-9-8-10(4-5-11(9)12(13)18)19(16,17)14-6-7-15(2)3/h4-5,8,14H,6-7H2,1-3H3,(H2,13,18). The fourth-order valence-electron chi connectivity index (χ4n) is 1.57. The molecule has 3 N–H and O–H groups in total. The van der Waals surface area contributed by atoms with Gasteiger partial charge in [-0.3, -0.25) is 0 Å². The second kappa shape index (κ2) is 6.42. The predicted octanol–water partition coefficient (Wildman–Crippen LogP) is 0.469. The zero-order valence-corrected chi connectivity index (χ0v) is 12.9. The lowest BCUT2D eigenvalue weighted by molar-refractivity contribution is 0.412. The number of thiocarbonyl (C=S) groups is 1. The van der Waals surface area contributed by atoms with E-state index in [1.165, 1.54) is 6.07 Å². The molecule has 0 aliphatic carbocycles. The van der Waals surface area contributed by atoms with Crippen LogP contribution in [0.25, 0.3) is 0 Å². The van der Waals surface area contributed by atoms with E-state index < -0.39 is 10.0 Å². The van der Waals surface area contributed by atoms with Crippen molar-refractivity contribution in [2.24, 2.45) is 5.73 Å². The molecule has 0 aromatic heterocycles. The predicted molar refractivity (Wildman–Crippen MR) is 80.8 cm³/mol. The Bertz CT molecular complexity index is 568. The molecular weight excluding hydrogens is 282 g/mol. The summed E-state index contributed by atoms with van der Waals surface area (Å²) in [6.07, 6.45) is 0. The molecule has 7 heteroatoms. The molecule has 106 valence electrons. The Labute approximate surface area is 119 Å². The van der Waals surface area contributed by atoms with Crippen LogP contribution >= 0.6 is 12.2 Å². The van der Waals surface area contributed by atoms with Crippen molar-refractivity contribution in [3.05, 3.63) is 29.3 Å². The van der Waals surface area contributed by atoms with Gasteiger partial charge in [0.2, 0.25) is 10.0 Å². The summed E-state index contributed by atoms with van der Waals surface area (Å²) in [5, 5.41) is 0. The van der Waals surface area contributed by atoms with Crippen LogP contribution < -0.4 is 10.5 Å². The summed E-state index contributed by atoms with van der Waals surface area (Å²) >= 11 is 4.89. The van der Waals surface area contributed by atoms with Crippen molar-refractivity contribution in [3.63, 3.8) is 0 Å². The molecule has 0 heterocycles.